The van der Waals surface area contributed by atoms with Crippen molar-refractivity contribution in [1.82, 2.24) is 0 Å². The average Bonchev–Trinajstić information content (AvgIpc) is 2.77. The van der Waals surface area contributed by atoms with Crippen LogP contribution in [0, 0.1) is 5.82 Å². The summed E-state index contributed by atoms with van der Waals surface area (Å²) in [6, 6.07) is 10.8. The van der Waals surface area contributed by atoms with Gasteiger partial charge in [-0.2, -0.15) is 0 Å². The highest BCUT2D eigenvalue weighted by molar-refractivity contribution is 7.16. The normalized spacial score (nSPS) is 13.7. The molecule has 0 spiro atoms. The van der Waals surface area contributed by atoms with Gasteiger partial charge in [0.25, 0.3) is 0 Å². The van der Waals surface area contributed by atoms with Gasteiger partial charge in [0.15, 0.2) is 0 Å². The molecule has 0 saturated carbocycles. The number of halogens is 1. The first-order valence-electron chi connectivity index (χ1n) is 5.86. The number of hydrogen-bond acceptors (Lipinski definition) is 2. The molecule has 0 aliphatic rings. The predicted molar refractivity (Wildman–Crippen MR) is 77.0 cm³/mol. The van der Waals surface area contributed by atoms with E-state index >= 15 is 0 Å². The number of hydrogen-bond donors (Lipinski definition) is 1. The molecule has 1 aromatic carbocycles. The van der Waals surface area contributed by atoms with Crippen LogP contribution in [0.5, 0.6) is 0 Å². The monoisotopic (exact) mass is 261 g/mol. The topological polar surface area (TPSA) is 26.0 Å². The molecule has 1 heterocycles. The molecule has 1 atom stereocenters. The Morgan fingerprint density at radius 2 is 2.00 bits per heavy atom. The van der Waals surface area contributed by atoms with Gasteiger partial charge in [-0.1, -0.05) is 23.8 Å². The lowest BCUT2D eigenvalue weighted by Crippen LogP contribution is -2.15. The predicted octanol–water partition coefficient (Wildman–Crippen LogP) is 4.30. The summed E-state index contributed by atoms with van der Waals surface area (Å²) in [5.74, 6) is -0.182. The zero-order valence-corrected chi connectivity index (χ0v) is 11.3. The minimum Gasteiger partial charge on any atom is -0.324 e. The molecule has 1 aromatic heterocycles. The average molecular weight is 261 g/mol. The van der Waals surface area contributed by atoms with Crippen LogP contribution < -0.4 is 5.73 Å². The standard InChI is InChI=1S/C15H16FNS/c1-10(11(2)17)9-12-7-8-15(18-12)13-5-3-4-6-14(13)16/h3-9,11H,17H2,1-2H3/b10-9+. The molecule has 0 fully saturated rings. The Balaban J connectivity index is 2.32. The third kappa shape index (κ3) is 2.86. The number of nitrogens with two attached hydrogens (primary N) is 1. The van der Waals surface area contributed by atoms with Gasteiger partial charge in [0.05, 0.1) is 0 Å². The molecule has 1 nitrogen and oxygen atoms in total. The molecule has 3 heteroatoms. The van der Waals surface area contributed by atoms with Crippen LogP contribution in [0.4, 0.5) is 4.39 Å². The van der Waals surface area contributed by atoms with Gasteiger partial charge in [0, 0.05) is 21.4 Å². The zero-order valence-electron chi connectivity index (χ0n) is 10.5. The van der Waals surface area contributed by atoms with Gasteiger partial charge in [-0.25, -0.2) is 4.39 Å². The molecule has 18 heavy (non-hydrogen) atoms. The van der Waals surface area contributed by atoms with E-state index in [4.69, 9.17) is 5.73 Å². The van der Waals surface area contributed by atoms with Gasteiger partial charge in [0.1, 0.15) is 5.82 Å². The highest BCUT2D eigenvalue weighted by Gasteiger charge is 2.07. The summed E-state index contributed by atoms with van der Waals surface area (Å²) in [5.41, 5.74) is 7.58. The molecule has 2 aromatic rings. The van der Waals surface area contributed by atoms with Gasteiger partial charge in [-0.15, -0.1) is 11.3 Å². The second-order valence-corrected chi connectivity index (χ2v) is 5.47. The molecule has 2 rings (SSSR count). The second kappa shape index (κ2) is 5.46. The van der Waals surface area contributed by atoms with Crippen molar-refractivity contribution in [3.8, 4) is 10.4 Å². The van der Waals surface area contributed by atoms with E-state index in [1.54, 1.807) is 23.5 Å². The summed E-state index contributed by atoms with van der Waals surface area (Å²) in [7, 11) is 0. The van der Waals surface area contributed by atoms with E-state index in [1.165, 1.54) is 6.07 Å². The van der Waals surface area contributed by atoms with Gasteiger partial charge in [-0.3, -0.25) is 0 Å². The maximum absolute atomic E-state index is 13.6. The Kier molecular flexibility index (Phi) is 3.94. The molecule has 2 N–H and O–H groups in total. The fourth-order valence-corrected chi connectivity index (χ4v) is 2.64. The van der Waals surface area contributed by atoms with E-state index in [0.29, 0.717) is 5.56 Å². The van der Waals surface area contributed by atoms with Crippen molar-refractivity contribution in [3.63, 3.8) is 0 Å². The van der Waals surface area contributed by atoms with Gasteiger partial charge < -0.3 is 5.73 Å². The Bertz CT molecular complexity index is 569. The van der Waals surface area contributed by atoms with Crippen molar-refractivity contribution in [2.75, 3.05) is 0 Å². The molecule has 0 aliphatic carbocycles. The summed E-state index contributed by atoms with van der Waals surface area (Å²) < 4.78 is 13.6. The third-order valence-electron chi connectivity index (χ3n) is 2.85. The van der Waals surface area contributed by atoms with Crippen molar-refractivity contribution >= 4 is 17.4 Å². The van der Waals surface area contributed by atoms with Crippen LogP contribution in [0.15, 0.2) is 42.0 Å². The lowest BCUT2D eigenvalue weighted by atomic mass is 10.1. The lowest BCUT2D eigenvalue weighted by Gasteiger charge is -2.03. The highest BCUT2D eigenvalue weighted by Crippen LogP contribution is 2.31. The summed E-state index contributed by atoms with van der Waals surface area (Å²) in [5, 5.41) is 0. The highest BCUT2D eigenvalue weighted by atomic mass is 32.1. The van der Waals surface area contributed by atoms with Crippen LogP contribution in [0.25, 0.3) is 16.5 Å². The second-order valence-electron chi connectivity index (χ2n) is 4.36. The Labute approximate surface area is 111 Å². The fourth-order valence-electron chi connectivity index (χ4n) is 1.59. The molecular weight excluding hydrogens is 245 g/mol. The number of thiophene rings is 1. The molecule has 1 unspecified atom stereocenters. The number of benzene rings is 1. The minimum absolute atomic E-state index is 0.0454. The van der Waals surface area contributed by atoms with Crippen molar-refractivity contribution in [3.05, 3.63) is 52.7 Å². The van der Waals surface area contributed by atoms with Crippen LogP contribution in [0.3, 0.4) is 0 Å². The molecule has 0 saturated heterocycles. The Morgan fingerprint density at radius 3 is 2.67 bits per heavy atom. The minimum atomic E-state index is -0.182. The summed E-state index contributed by atoms with van der Waals surface area (Å²) in [6.45, 7) is 3.96. The van der Waals surface area contributed by atoms with Crippen LogP contribution in [-0.2, 0) is 0 Å². The SMILES string of the molecule is C/C(=C\c1ccc(-c2ccccc2F)s1)C(C)N. The summed E-state index contributed by atoms with van der Waals surface area (Å²) >= 11 is 1.57. The van der Waals surface area contributed by atoms with Crippen molar-refractivity contribution in [2.45, 2.75) is 19.9 Å². The van der Waals surface area contributed by atoms with Gasteiger partial charge in [-0.05, 0) is 38.1 Å². The molecule has 0 bridgehead atoms. The first-order chi connectivity index (χ1) is 8.58. The largest absolute Gasteiger partial charge is 0.324 e. The number of rotatable bonds is 3. The van der Waals surface area contributed by atoms with Crippen molar-refractivity contribution in [2.24, 2.45) is 5.73 Å². The van der Waals surface area contributed by atoms with E-state index < -0.39 is 0 Å². The fraction of sp³-hybridized carbons (Fsp3) is 0.200. The molecule has 0 radical (unpaired) electrons. The molecule has 0 amide bonds. The quantitative estimate of drug-likeness (QED) is 0.875. The smallest absolute Gasteiger partial charge is 0.131 e. The van der Waals surface area contributed by atoms with Gasteiger partial charge >= 0.3 is 0 Å². The maximum atomic E-state index is 13.6. The first-order valence-corrected chi connectivity index (χ1v) is 6.68. The van der Waals surface area contributed by atoms with Crippen LogP contribution in [0.1, 0.15) is 18.7 Å². The zero-order chi connectivity index (χ0) is 13.1. The Hall–Kier alpha value is -1.45. The molecule has 0 aliphatic heterocycles. The lowest BCUT2D eigenvalue weighted by molar-refractivity contribution is 0.631. The first kappa shape index (κ1) is 13.0. The summed E-state index contributed by atoms with van der Waals surface area (Å²) in [6.07, 6.45) is 2.06. The van der Waals surface area contributed by atoms with Crippen LogP contribution >= 0.6 is 11.3 Å². The van der Waals surface area contributed by atoms with E-state index in [1.807, 2.05) is 32.0 Å². The maximum Gasteiger partial charge on any atom is 0.131 e. The molecular formula is C15H16FNS. The van der Waals surface area contributed by atoms with E-state index in [2.05, 4.69) is 6.08 Å². The summed E-state index contributed by atoms with van der Waals surface area (Å²) in [4.78, 5) is 2.04. The molecule has 94 valence electrons. The van der Waals surface area contributed by atoms with Crippen LogP contribution in [-0.4, -0.2) is 6.04 Å². The van der Waals surface area contributed by atoms with E-state index in [9.17, 15) is 4.39 Å². The van der Waals surface area contributed by atoms with Crippen molar-refractivity contribution in [1.29, 1.82) is 0 Å². The Morgan fingerprint density at radius 1 is 1.28 bits per heavy atom. The van der Waals surface area contributed by atoms with E-state index in [-0.39, 0.29) is 11.9 Å². The van der Waals surface area contributed by atoms with E-state index in [0.717, 1.165) is 15.3 Å². The van der Waals surface area contributed by atoms with Crippen molar-refractivity contribution < 1.29 is 4.39 Å². The third-order valence-corrected chi connectivity index (χ3v) is 3.92. The van der Waals surface area contributed by atoms with Gasteiger partial charge in [0.2, 0.25) is 0 Å². The van der Waals surface area contributed by atoms with Crippen LogP contribution in [0.2, 0.25) is 0 Å².